The van der Waals surface area contributed by atoms with Gasteiger partial charge in [0, 0.05) is 26.2 Å². The van der Waals surface area contributed by atoms with E-state index in [9.17, 15) is 18.0 Å². The molecule has 1 atom stereocenters. The van der Waals surface area contributed by atoms with Gasteiger partial charge >= 0.3 is 0 Å². The molecule has 0 spiro atoms. The lowest BCUT2D eigenvalue weighted by Gasteiger charge is -2.39. The number of amides is 2. The molecule has 1 fully saturated rings. The van der Waals surface area contributed by atoms with E-state index in [0.29, 0.717) is 42.4 Å². The highest BCUT2D eigenvalue weighted by Gasteiger charge is 2.36. The van der Waals surface area contributed by atoms with E-state index < -0.39 is 16.1 Å². The van der Waals surface area contributed by atoms with Crippen LogP contribution in [0, 0.1) is 0 Å². The lowest BCUT2D eigenvalue weighted by atomic mass is 10.1. The van der Waals surface area contributed by atoms with Crippen LogP contribution in [0.1, 0.15) is 24.5 Å². The number of hydrogen-bond acceptors (Lipinski definition) is 5. The summed E-state index contributed by atoms with van der Waals surface area (Å²) in [4.78, 5) is 29.3. The van der Waals surface area contributed by atoms with Crippen molar-refractivity contribution in [3.8, 4) is 0 Å². The first-order chi connectivity index (χ1) is 15.8. The summed E-state index contributed by atoms with van der Waals surface area (Å²) in [6.07, 6.45) is 3.03. The number of fused-ring (bicyclic) bond motifs is 2. The maximum Gasteiger partial charge on any atom is 0.244 e. The second-order valence-electron chi connectivity index (χ2n) is 8.89. The molecule has 3 aliphatic rings. The number of benzene rings is 2. The molecular formula is C24H28N4O4S. The monoisotopic (exact) mass is 468 g/mol. The van der Waals surface area contributed by atoms with Crippen LogP contribution in [-0.4, -0.2) is 68.2 Å². The number of para-hydroxylation sites is 2. The summed E-state index contributed by atoms with van der Waals surface area (Å²) >= 11 is 0. The maximum absolute atomic E-state index is 13.3. The number of carbonyl (C=O) groups excluding carboxylic acids is 2. The molecule has 2 heterocycles. The minimum atomic E-state index is -3.56. The summed E-state index contributed by atoms with van der Waals surface area (Å²) < 4.78 is 27.9. The Kier molecular flexibility index (Phi) is 5.72. The first-order valence-corrected chi connectivity index (χ1v) is 12.8. The number of aryl methyl sites for hydroxylation is 2. The Hall–Kier alpha value is -2.75. The molecule has 9 heteroatoms. The summed E-state index contributed by atoms with van der Waals surface area (Å²) in [6.45, 7) is 3.37. The van der Waals surface area contributed by atoms with E-state index in [0.717, 1.165) is 24.8 Å². The second kappa shape index (κ2) is 8.55. The SMILES string of the molecule is CC(C(=O)N1CC(=O)Nc2ccccc21)N1CCN(S(=O)(=O)c2ccc3c(c2)CCC3)CC1. The molecule has 0 bridgehead atoms. The van der Waals surface area contributed by atoms with Crippen molar-refractivity contribution in [2.24, 2.45) is 0 Å². The van der Waals surface area contributed by atoms with Crippen molar-refractivity contribution in [3.05, 3.63) is 53.6 Å². The smallest absolute Gasteiger partial charge is 0.244 e. The summed E-state index contributed by atoms with van der Waals surface area (Å²) in [5, 5.41) is 2.80. The molecule has 1 saturated heterocycles. The Balaban J connectivity index is 1.26. The minimum Gasteiger partial charge on any atom is -0.323 e. The highest BCUT2D eigenvalue weighted by atomic mass is 32.2. The zero-order chi connectivity index (χ0) is 23.2. The average molecular weight is 469 g/mol. The van der Waals surface area contributed by atoms with Crippen LogP contribution in [-0.2, 0) is 32.5 Å². The van der Waals surface area contributed by atoms with Gasteiger partial charge in [-0.05, 0) is 61.6 Å². The quantitative estimate of drug-likeness (QED) is 0.740. The van der Waals surface area contributed by atoms with Gasteiger partial charge in [0.15, 0.2) is 0 Å². The van der Waals surface area contributed by atoms with Gasteiger partial charge in [0.05, 0.1) is 22.3 Å². The number of nitrogens with zero attached hydrogens (tertiary/aromatic N) is 3. The molecule has 1 aliphatic carbocycles. The Morgan fingerprint density at radius 2 is 1.73 bits per heavy atom. The lowest BCUT2D eigenvalue weighted by Crippen LogP contribution is -2.56. The molecule has 2 aromatic carbocycles. The number of nitrogens with one attached hydrogen (secondary N) is 1. The predicted molar refractivity (Wildman–Crippen MR) is 126 cm³/mol. The number of anilines is 2. The molecule has 1 unspecified atom stereocenters. The molecule has 1 N–H and O–H groups in total. The normalized spacial score (nSPS) is 20.2. The summed E-state index contributed by atoms with van der Waals surface area (Å²) in [7, 11) is -3.56. The molecular weight excluding hydrogens is 440 g/mol. The molecule has 2 aliphatic heterocycles. The van der Waals surface area contributed by atoms with Crippen molar-refractivity contribution in [1.29, 1.82) is 0 Å². The van der Waals surface area contributed by atoms with E-state index in [2.05, 4.69) is 5.32 Å². The van der Waals surface area contributed by atoms with Crippen LogP contribution in [0.15, 0.2) is 47.4 Å². The van der Waals surface area contributed by atoms with Gasteiger partial charge in [0.2, 0.25) is 21.8 Å². The fraction of sp³-hybridized carbons (Fsp3) is 0.417. The maximum atomic E-state index is 13.3. The fourth-order valence-electron chi connectivity index (χ4n) is 5.00. The van der Waals surface area contributed by atoms with E-state index in [1.807, 2.05) is 42.2 Å². The Bertz CT molecular complexity index is 1200. The van der Waals surface area contributed by atoms with Crippen LogP contribution in [0.4, 0.5) is 11.4 Å². The van der Waals surface area contributed by atoms with Crippen molar-refractivity contribution in [2.75, 3.05) is 42.9 Å². The molecule has 5 rings (SSSR count). The van der Waals surface area contributed by atoms with Crippen molar-refractivity contribution < 1.29 is 18.0 Å². The van der Waals surface area contributed by atoms with Crippen LogP contribution in [0.5, 0.6) is 0 Å². The Labute approximate surface area is 194 Å². The summed E-state index contributed by atoms with van der Waals surface area (Å²) in [5.41, 5.74) is 3.70. The molecule has 8 nitrogen and oxygen atoms in total. The van der Waals surface area contributed by atoms with E-state index in [4.69, 9.17) is 0 Å². The van der Waals surface area contributed by atoms with Gasteiger partial charge in [0.1, 0.15) is 6.54 Å². The third kappa shape index (κ3) is 4.05. The third-order valence-corrected chi connectivity index (χ3v) is 8.82. The molecule has 0 radical (unpaired) electrons. The number of carbonyl (C=O) groups is 2. The van der Waals surface area contributed by atoms with Gasteiger partial charge in [0.25, 0.3) is 0 Å². The first kappa shape index (κ1) is 22.1. The van der Waals surface area contributed by atoms with E-state index in [1.165, 1.54) is 14.8 Å². The van der Waals surface area contributed by atoms with Gasteiger partial charge in [-0.1, -0.05) is 18.2 Å². The number of hydrogen-bond donors (Lipinski definition) is 1. The molecule has 2 aromatic rings. The van der Waals surface area contributed by atoms with Crippen LogP contribution in [0.3, 0.4) is 0 Å². The Morgan fingerprint density at radius 3 is 2.52 bits per heavy atom. The van der Waals surface area contributed by atoms with E-state index in [1.54, 1.807) is 12.1 Å². The molecule has 33 heavy (non-hydrogen) atoms. The number of sulfonamides is 1. The van der Waals surface area contributed by atoms with Crippen molar-refractivity contribution >= 4 is 33.2 Å². The molecule has 0 saturated carbocycles. The first-order valence-electron chi connectivity index (χ1n) is 11.4. The van der Waals surface area contributed by atoms with Crippen LogP contribution in [0.2, 0.25) is 0 Å². The summed E-state index contributed by atoms with van der Waals surface area (Å²) in [6, 6.07) is 12.3. The fourth-order valence-corrected chi connectivity index (χ4v) is 6.47. The second-order valence-corrected chi connectivity index (χ2v) is 10.8. The highest BCUT2D eigenvalue weighted by molar-refractivity contribution is 7.89. The number of rotatable bonds is 4. The van der Waals surface area contributed by atoms with Crippen LogP contribution >= 0.6 is 0 Å². The van der Waals surface area contributed by atoms with Crippen molar-refractivity contribution in [3.63, 3.8) is 0 Å². The highest BCUT2D eigenvalue weighted by Crippen LogP contribution is 2.30. The third-order valence-electron chi connectivity index (χ3n) is 6.92. The van der Waals surface area contributed by atoms with Crippen molar-refractivity contribution in [2.45, 2.75) is 37.1 Å². The van der Waals surface area contributed by atoms with Gasteiger partial charge in [-0.25, -0.2) is 8.42 Å². The van der Waals surface area contributed by atoms with E-state index in [-0.39, 0.29) is 18.4 Å². The molecule has 0 aromatic heterocycles. The lowest BCUT2D eigenvalue weighted by molar-refractivity contribution is -0.125. The zero-order valence-electron chi connectivity index (χ0n) is 18.7. The van der Waals surface area contributed by atoms with E-state index >= 15 is 0 Å². The van der Waals surface area contributed by atoms with Gasteiger partial charge in [-0.15, -0.1) is 0 Å². The average Bonchev–Trinajstić information content (AvgIpc) is 3.30. The largest absolute Gasteiger partial charge is 0.323 e. The molecule has 2 amide bonds. The van der Waals surface area contributed by atoms with Gasteiger partial charge in [-0.2, -0.15) is 4.31 Å². The van der Waals surface area contributed by atoms with Crippen LogP contribution < -0.4 is 10.2 Å². The standard InChI is InChI=1S/C24H28N4O4S/c1-17(24(30)28-16-23(29)25-21-7-2-3-8-22(21)28)26-11-13-27(14-12-26)33(31,32)20-10-9-18-5-4-6-19(18)15-20/h2-3,7-10,15,17H,4-6,11-14,16H2,1H3,(H,25,29). The summed E-state index contributed by atoms with van der Waals surface area (Å²) in [5.74, 6) is -0.383. The Morgan fingerprint density at radius 1 is 1.00 bits per heavy atom. The minimum absolute atomic E-state index is 0.0210. The van der Waals surface area contributed by atoms with Crippen molar-refractivity contribution in [1.82, 2.24) is 9.21 Å². The predicted octanol–water partition coefficient (Wildman–Crippen LogP) is 1.86. The molecule has 174 valence electrons. The van der Waals surface area contributed by atoms with Crippen LogP contribution in [0.25, 0.3) is 0 Å². The van der Waals surface area contributed by atoms with Gasteiger partial charge in [-0.3, -0.25) is 19.4 Å². The number of piperazine rings is 1. The van der Waals surface area contributed by atoms with Gasteiger partial charge < -0.3 is 5.32 Å². The topological polar surface area (TPSA) is 90.0 Å². The zero-order valence-corrected chi connectivity index (χ0v) is 19.5.